The Morgan fingerprint density at radius 3 is 2.14 bits per heavy atom. The number of likely N-dealkylation sites (tertiary alicyclic amines) is 1. The first-order chi connectivity index (χ1) is 10.4. The van der Waals surface area contributed by atoms with Crippen LogP contribution < -0.4 is 0 Å². The van der Waals surface area contributed by atoms with E-state index in [1.165, 1.54) is 54.4 Å². The molecule has 1 aliphatic carbocycles. The fourth-order valence-electron chi connectivity index (χ4n) is 3.09. The van der Waals surface area contributed by atoms with Crippen LogP contribution in [0.2, 0.25) is 0 Å². The number of piperidine rings is 1. The molecule has 1 aromatic carbocycles. The monoisotopic (exact) mass is 299 g/mol. The van der Waals surface area contributed by atoms with E-state index in [1.807, 2.05) is 11.3 Å². The minimum atomic E-state index is 0.641. The van der Waals surface area contributed by atoms with Gasteiger partial charge in [-0.3, -0.25) is 4.90 Å². The van der Waals surface area contributed by atoms with Crippen LogP contribution in [0.4, 0.5) is 0 Å². The highest BCUT2D eigenvalue weighted by Gasteiger charge is 2.30. The largest absolute Gasteiger partial charge is 0.299 e. The molecule has 0 bridgehead atoms. The molecule has 0 amide bonds. The molecule has 2 fully saturated rings. The third-order valence-electron chi connectivity index (χ3n) is 4.57. The first-order valence-electron chi connectivity index (χ1n) is 7.98. The van der Waals surface area contributed by atoms with E-state index in [-0.39, 0.29) is 0 Å². The van der Waals surface area contributed by atoms with Gasteiger partial charge < -0.3 is 0 Å². The maximum atomic E-state index is 4.46. The predicted octanol–water partition coefficient (Wildman–Crippen LogP) is 3.80. The van der Waals surface area contributed by atoms with Gasteiger partial charge in [0.25, 0.3) is 0 Å². The molecule has 1 aliphatic heterocycles. The highest BCUT2D eigenvalue weighted by atomic mass is 32.1. The normalized spacial score (nSPS) is 20.8. The van der Waals surface area contributed by atoms with Crippen molar-refractivity contribution in [3.63, 3.8) is 0 Å². The molecule has 0 unspecified atom stereocenters. The standard InChI is InChI=1S/C17H21N3S/c1-2-4-13(5-3-1)12-20-10-8-15(9-11-20)17-19-18-16(21-17)14-6-7-14/h1-5,14-15H,6-12H2. The van der Waals surface area contributed by atoms with Crippen LogP contribution in [-0.4, -0.2) is 28.2 Å². The van der Waals surface area contributed by atoms with Crippen molar-refractivity contribution in [3.05, 3.63) is 45.9 Å². The summed E-state index contributed by atoms with van der Waals surface area (Å²) < 4.78 is 0. The van der Waals surface area contributed by atoms with Crippen LogP contribution in [0.25, 0.3) is 0 Å². The molecule has 4 rings (SSSR count). The van der Waals surface area contributed by atoms with Crippen LogP contribution >= 0.6 is 11.3 Å². The average molecular weight is 299 g/mol. The molecular formula is C17H21N3S. The van der Waals surface area contributed by atoms with Crippen LogP contribution in [0.3, 0.4) is 0 Å². The van der Waals surface area contributed by atoms with E-state index < -0.39 is 0 Å². The second-order valence-electron chi connectivity index (χ2n) is 6.29. The van der Waals surface area contributed by atoms with Gasteiger partial charge in [-0.05, 0) is 44.3 Å². The van der Waals surface area contributed by atoms with Crippen molar-refractivity contribution in [1.82, 2.24) is 15.1 Å². The summed E-state index contributed by atoms with van der Waals surface area (Å²) in [6.45, 7) is 3.44. The summed E-state index contributed by atoms with van der Waals surface area (Å²) in [6, 6.07) is 10.8. The Bertz CT molecular complexity index is 583. The highest BCUT2D eigenvalue weighted by Crippen LogP contribution is 2.43. The number of hydrogen-bond acceptors (Lipinski definition) is 4. The van der Waals surface area contributed by atoms with E-state index in [2.05, 4.69) is 45.4 Å². The van der Waals surface area contributed by atoms with Gasteiger partial charge in [-0.15, -0.1) is 21.5 Å². The Hall–Kier alpha value is -1.26. The van der Waals surface area contributed by atoms with Crippen molar-refractivity contribution in [2.45, 2.75) is 44.1 Å². The lowest BCUT2D eigenvalue weighted by Gasteiger charge is -2.30. The van der Waals surface area contributed by atoms with Crippen molar-refractivity contribution < 1.29 is 0 Å². The molecule has 0 spiro atoms. The third-order valence-corrected chi connectivity index (χ3v) is 5.82. The maximum absolute atomic E-state index is 4.46. The molecule has 4 heteroatoms. The highest BCUT2D eigenvalue weighted by molar-refractivity contribution is 7.11. The van der Waals surface area contributed by atoms with Crippen molar-refractivity contribution in [2.75, 3.05) is 13.1 Å². The number of benzene rings is 1. The molecule has 2 aliphatic rings. The molecule has 1 aromatic heterocycles. The van der Waals surface area contributed by atoms with Crippen molar-refractivity contribution >= 4 is 11.3 Å². The minimum absolute atomic E-state index is 0.641. The average Bonchev–Trinajstić information content (AvgIpc) is 3.27. The lowest BCUT2D eigenvalue weighted by molar-refractivity contribution is 0.204. The summed E-state index contributed by atoms with van der Waals surface area (Å²) in [4.78, 5) is 2.56. The number of hydrogen-bond donors (Lipinski definition) is 0. The zero-order valence-electron chi connectivity index (χ0n) is 12.2. The molecule has 1 saturated carbocycles. The van der Waals surface area contributed by atoms with Crippen molar-refractivity contribution in [2.24, 2.45) is 0 Å². The van der Waals surface area contributed by atoms with Gasteiger partial charge in [-0.2, -0.15) is 0 Å². The van der Waals surface area contributed by atoms with Gasteiger partial charge in [0, 0.05) is 18.4 Å². The van der Waals surface area contributed by atoms with E-state index >= 15 is 0 Å². The van der Waals surface area contributed by atoms with Gasteiger partial charge in [0.05, 0.1) is 0 Å². The predicted molar refractivity (Wildman–Crippen MR) is 85.6 cm³/mol. The summed E-state index contributed by atoms with van der Waals surface area (Å²) in [5.41, 5.74) is 1.42. The quantitative estimate of drug-likeness (QED) is 0.860. The third kappa shape index (κ3) is 3.16. The fourth-order valence-corrected chi connectivity index (χ4v) is 4.27. The number of nitrogens with zero attached hydrogens (tertiary/aromatic N) is 3. The van der Waals surface area contributed by atoms with Gasteiger partial charge in [0.1, 0.15) is 10.0 Å². The maximum Gasteiger partial charge on any atom is 0.120 e. The van der Waals surface area contributed by atoms with Crippen molar-refractivity contribution in [3.8, 4) is 0 Å². The second kappa shape index (κ2) is 5.85. The molecule has 1 saturated heterocycles. The Labute approximate surface area is 130 Å². The van der Waals surface area contributed by atoms with Gasteiger partial charge >= 0.3 is 0 Å². The van der Waals surface area contributed by atoms with E-state index in [0.29, 0.717) is 5.92 Å². The Morgan fingerprint density at radius 2 is 1.52 bits per heavy atom. The smallest absolute Gasteiger partial charge is 0.120 e. The van der Waals surface area contributed by atoms with Gasteiger partial charge in [-0.1, -0.05) is 30.3 Å². The van der Waals surface area contributed by atoms with Crippen molar-refractivity contribution in [1.29, 1.82) is 0 Å². The number of aromatic nitrogens is 2. The summed E-state index contributed by atoms with van der Waals surface area (Å²) in [5, 5.41) is 11.4. The molecule has 2 aromatic rings. The summed E-state index contributed by atoms with van der Waals surface area (Å²) in [7, 11) is 0. The molecule has 0 atom stereocenters. The van der Waals surface area contributed by atoms with Crippen LogP contribution in [0.5, 0.6) is 0 Å². The molecule has 0 radical (unpaired) electrons. The lowest BCUT2D eigenvalue weighted by atomic mass is 9.97. The zero-order valence-corrected chi connectivity index (χ0v) is 13.1. The van der Waals surface area contributed by atoms with Crippen LogP contribution in [0.15, 0.2) is 30.3 Å². The minimum Gasteiger partial charge on any atom is -0.299 e. The molecule has 3 nitrogen and oxygen atoms in total. The molecular weight excluding hydrogens is 278 g/mol. The molecule has 2 heterocycles. The fraction of sp³-hybridized carbons (Fsp3) is 0.529. The van der Waals surface area contributed by atoms with E-state index in [0.717, 1.165) is 12.5 Å². The molecule has 21 heavy (non-hydrogen) atoms. The van der Waals surface area contributed by atoms with Crippen LogP contribution in [0, 0.1) is 0 Å². The first-order valence-corrected chi connectivity index (χ1v) is 8.80. The zero-order chi connectivity index (χ0) is 14.1. The summed E-state index contributed by atoms with van der Waals surface area (Å²) in [5.74, 6) is 1.39. The summed E-state index contributed by atoms with van der Waals surface area (Å²) in [6.07, 6.45) is 5.10. The van der Waals surface area contributed by atoms with Gasteiger partial charge in [0.2, 0.25) is 0 Å². The second-order valence-corrected chi connectivity index (χ2v) is 7.33. The Morgan fingerprint density at radius 1 is 0.905 bits per heavy atom. The van der Waals surface area contributed by atoms with Crippen LogP contribution in [-0.2, 0) is 6.54 Å². The topological polar surface area (TPSA) is 29.0 Å². The Kier molecular flexibility index (Phi) is 3.74. The van der Waals surface area contributed by atoms with E-state index in [9.17, 15) is 0 Å². The first kappa shape index (κ1) is 13.4. The summed E-state index contributed by atoms with van der Waals surface area (Å²) >= 11 is 1.87. The lowest BCUT2D eigenvalue weighted by Crippen LogP contribution is -2.32. The number of rotatable bonds is 4. The van der Waals surface area contributed by atoms with E-state index in [1.54, 1.807) is 0 Å². The van der Waals surface area contributed by atoms with Gasteiger partial charge in [-0.25, -0.2) is 0 Å². The van der Waals surface area contributed by atoms with Gasteiger partial charge in [0.15, 0.2) is 0 Å². The molecule has 0 N–H and O–H groups in total. The molecule has 110 valence electrons. The SMILES string of the molecule is c1ccc(CN2CCC(c3nnc(C4CC4)s3)CC2)cc1. The van der Waals surface area contributed by atoms with Crippen LogP contribution in [0.1, 0.15) is 53.1 Å². The Balaban J connectivity index is 1.33. The van der Waals surface area contributed by atoms with E-state index in [4.69, 9.17) is 0 Å².